The molecule has 22 heavy (non-hydrogen) atoms. The van der Waals surface area contributed by atoms with Crippen molar-refractivity contribution in [3.8, 4) is 5.75 Å². The van der Waals surface area contributed by atoms with E-state index in [1.54, 1.807) is 13.4 Å². The summed E-state index contributed by atoms with van der Waals surface area (Å²) in [6.07, 6.45) is 1.64. The topological polar surface area (TPSA) is 54.7 Å². The van der Waals surface area contributed by atoms with Crippen LogP contribution < -0.4 is 10.1 Å². The van der Waals surface area contributed by atoms with Crippen LogP contribution in [0, 0.1) is 0 Å². The van der Waals surface area contributed by atoms with Crippen LogP contribution in [0.5, 0.6) is 5.75 Å². The van der Waals surface area contributed by atoms with E-state index in [0.29, 0.717) is 13.1 Å². The van der Waals surface area contributed by atoms with Crippen LogP contribution in [0.2, 0.25) is 0 Å². The summed E-state index contributed by atoms with van der Waals surface area (Å²) < 4.78 is 10.4. The first kappa shape index (κ1) is 16.1. The van der Waals surface area contributed by atoms with E-state index in [1.807, 2.05) is 55.3 Å². The molecule has 1 heterocycles. The number of rotatable bonds is 7. The standard InChI is InChI=1S/C17H22N2O3/c1-13(19(2)12-16-5-4-10-22-16)17(20)18-11-14-6-8-15(21-3)9-7-14/h4-10,13H,11-12H2,1-3H3,(H,18,20). The first-order chi connectivity index (χ1) is 10.6. The minimum atomic E-state index is -0.233. The van der Waals surface area contributed by atoms with Gasteiger partial charge in [0.2, 0.25) is 5.91 Å². The number of ether oxygens (including phenoxy) is 1. The molecule has 0 radical (unpaired) electrons. The van der Waals surface area contributed by atoms with Gasteiger partial charge in [0.1, 0.15) is 11.5 Å². The Bertz CT molecular complexity index is 578. The molecule has 1 atom stereocenters. The zero-order valence-corrected chi connectivity index (χ0v) is 13.2. The van der Waals surface area contributed by atoms with Gasteiger partial charge in [0.15, 0.2) is 0 Å². The summed E-state index contributed by atoms with van der Waals surface area (Å²) >= 11 is 0. The molecule has 0 fully saturated rings. The smallest absolute Gasteiger partial charge is 0.237 e. The summed E-state index contributed by atoms with van der Waals surface area (Å²) in [5, 5.41) is 2.94. The first-order valence-electron chi connectivity index (χ1n) is 7.23. The third kappa shape index (κ3) is 4.36. The fraction of sp³-hybridized carbons (Fsp3) is 0.353. The van der Waals surface area contributed by atoms with Gasteiger partial charge in [-0.1, -0.05) is 12.1 Å². The van der Waals surface area contributed by atoms with Gasteiger partial charge in [-0.3, -0.25) is 9.69 Å². The Morgan fingerprint density at radius 1 is 1.32 bits per heavy atom. The number of amides is 1. The summed E-state index contributed by atoms with van der Waals surface area (Å²) in [6.45, 7) is 2.98. The number of methoxy groups -OCH3 is 1. The van der Waals surface area contributed by atoms with E-state index >= 15 is 0 Å². The monoisotopic (exact) mass is 302 g/mol. The van der Waals surface area contributed by atoms with Crippen molar-refractivity contribution in [2.75, 3.05) is 14.2 Å². The maximum atomic E-state index is 12.2. The second kappa shape index (κ2) is 7.66. The Balaban J connectivity index is 1.82. The van der Waals surface area contributed by atoms with E-state index in [4.69, 9.17) is 9.15 Å². The zero-order chi connectivity index (χ0) is 15.9. The fourth-order valence-electron chi connectivity index (χ4n) is 2.07. The molecule has 0 saturated heterocycles. The normalized spacial score (nSPS) is 12.2. The maximum Gasteiger partial charge on any atom is 0.237 e. The van der Waals surface area contributed by atoms with Gasteiger partial charge in [-0.15, -0.1) is 0 Å². The Labute approximate surface area is 130 Å². The van der Waals surface area contributed by atoms with Crippen LogP contribution in [0.3, 0.4) is 0 Å². The molecule has 0 bridgehead atoms. The number of likely N-dealkylation sites (N-methyl/N-ethyl adjacent to an activating group) is 1. The average molecular weight is 302 g/mol. The van der Waals surface area contributed by atoms with Gasteiger partial charge in [0, 0.05) is 6.54 Å². The number of hydrogen-bond acceptors (Lipinski definition) is 4. The number of benzene rings is 1. The molecule has 1 aromatic carbocycles. The molecule has 0 aliphatic heterocycles. The lowest BCUT2D eigenvalue weighted by Crippen LogP contribution is -2.42. The third-order valence-electron chi connectivity index (χ3n) is 3.65. The van der Waals surface area contributed by atoms with Crippen LogP contribution in [-0.4, -0.2) is 31.0 Å². The van der Waals surface area contributed by atoms with Crippen LogP contribution in [0.1, 0.15) is 18.2 Å². The van der Waals surface area contributed by atoms with Crippen LogP contribution in [-0.2, 0) is 17.9 Å². The predicted octanol–water partition coefficient (Wildman–Crippen LogP) is 2.42. The van der Waals surface area contributed by atoms with Gasteiger partial charge >= 0.3 is 0 Å². The molecule has 5 heteroatoms. The van der Waals surface area contributed by atoms with E-state index in [9.17, 15) is 4.79 Å². The lowest BCUT2D eigenvalue weighted by molar-refractivity contribution is -0.125. The third-order valence-corrected chi connectivity index (χ3v) is 3.65. The Morgan fingerprint density at radius 2 is 2.05 bits per heavy atom. The number of carbonyl (C=O) groups excluding carboxylic acids is 1. The summed E-state index contributed by atoms with van der Waals surface area (Å²) in [4.78, 5) is 14.1. The lowest BCUT2D eigenvalue weighted by Gasteiger charge is -2.22. The Morgan fingerprint density at radius 3 is 2.64 bits per heavy atom. The highest BCUT2D eigenvalue weighted by Crippen LogP contribution is 2.11. The van der Waals surface area contributed by atoms with Gasteiger partial charge < -0.3 is 14.5 Å². The van der Waals surface area contributed by atoms with Crippen molar-refractivity contribution in [1.82, 2.24) is 10.2 Å². The second-order valence-electron chi connectivity index (χ2n) is 5.24. The predicted molar refractivity (Wildman–Crippen MR) is 84.5 cm³/mol. The largest absolute Gasteiger partial charge is 0.497 e. The molecule has 0 aliphatic rings. The minimum absolute atomic E-state index is 0.00938. The highest BCUT2D eigenvalue weighted by molar-refractivity contribution is 5.81. The number of furan rings is 1. The van der Waals surface area contributed by atoms with Crippen molar-refractivity contribution in [2.24, 2.45) is 0 Å². The van der Waals surface area contributed by atoms with Crippen molar-refractivity contribution in [3.05, 3.63) is 54.0 Å². The van der Waals surface area contributed by atoms with E-state index < -0.39 is 0 Å². The maximum absolute atomic E-state index is 12.2. The molecule has 118 valence electrons. The molecule has 5 nitrogen and oxygen atoms in total. The Hall–Kier alpha value is -2.27. The number of hydrogen-bond donors (Lipinski definition) is 1. The van der Waals surface area contributed by atoms with Gasteiger partial charge in [-0.05, 0) is 43.8 Å². The molecule has 2 aromatic rings. The van der Waals surface area contributed by atoms with Crippen LogP contribution in [0.25, 0.3) is 0 Å². The number of nitrogens with one attached hydrogen (secondary N) is 1. The molecule has 1 unspecified atom stereocenters. The SMILES string of the molecule is COc1ccc(CNC(=O)C(C)N(C)Cc2ccco2)cc1. The van der Waals surface area contributed by atoms with E-state index in [-0.39, 0.29) is 11.9 Å². The minimum Gasteiger partial charge on any atom is -0.497 e. The molecule has 1 amide bonds. The lowest BCUT2D eigenvalue weighted by atomic mass is 10.2. The quantitative estimate of drug-likeness (QED) is 0.853. The van der Waals surface area contributed by atoms with Gasteiger partial charge in [0.25, 0.3) is 0 Å². The highest BCUT2D eigenvalue weighted by Gasteiger charge is 2.18. The van der Waals surface area contributed by atoms with E-state index in [0.717, 1.165) is 17.1 Å². The second-order valence-corrected chi connectivity index (χ2v) is 5.24. The van der Waals surface area contributed by atoms with E-state index in [1.165, 1.54) is 0 Å². The summed E-state index contributed by atoms with van der Waals surface area (Å²) in [5.74, 6) is 1.64. The summed E-state index contributed by atoms with van der Waals surface area (Å²) in [5.41, 5.74) is 1.04. The van der Waals surface area contributed by atoms with Crippen LogP contribution in [0.4, 0.5) is 0 Å². The first-order valence-corrected chi connectivity index (χ1v) is 7.23. The highest BCUT2D eigenvalue weighted by atomic mass is 16.5. The summed E-state index contributed by atoms with van der Waals surface area (Å²) in [6, 6.07) is 11.2. The molecule has 0 saturated carbocycles. The molecule has 2 rings (SSSR count). The molecule has 0 aliphatic carbocycles. The van der Waals surface area contributed by atoms with E-state index in [2.05, 4.69) is 5.32 Å². The van der Waals surface area contributed by atoms with Crippen molar-refractivity contribution in [1.29, 1.82) is 0 Å². The fourth-order valence-corrected chi connectivity index (χ4v) is 2.07. The molecule has 1 N–H and O–H groups in total. The zero-order valence-electron chi connectivity index (χ0n) is 13.2. The van der Waals surface area contributed by atoms with Gasteiger partial charge in [-0.2, -0.15) is 0 Å². The van der Waals surface area contributed by atoms with Crippen molar-refractivity contribution < 1.29 is 13.9 Å². The van der Waals surface area contributed by atoms with Crippen molar-refractivity contribution >= 4 is 5.91 Å². The number of carbonyl (C=O) groups is 1. The van der Waals surface area contributed by atoms with Crippen LogP contribution >= 0.6 is 0 Å². The average Bonchev–Trinajstić information content (AvgIpc) is 3.05. The molecule has 0 spiro atoms. The Kier molecular flexibility index (Phi) is 5.61. The molecular formula is C17H22N2O3. The summed E-state index contributed by atoms with van der Waals surface area (Å²) in [7, 11) is 3.54. The molecule has 1 aromatic heterocycles. The number of nitrogens with zero attached hydrogens (tertiary/aromatic N) is 1. The van der Waals surface area contributed by atoms with Crippen LogP contribution in [0.15, 0.2) is 47.1 Å². The van der Waals surface area contributed by atoms with Gasteiger partial charge in [0.05, 0.1) is 26.0 Å². The van der Waals surface area contributed by atoms with Gasteiger partial charge in [-0.25, -0.2) is 0 Å². The van der Waals surface area contributed by atoms with Crippen molar-refractivity contribution in [3.63, 3.8) is 0 Å². The van der Waals surface area contributed by atoms with Crippen molar-refractivity contribution in [2.45, 2.75) is 26.1 Å². The molecular weight excluding hydrogens is 280 g/mol.